The Bertz CT molecular complexity index is 834. The highest BCUT2D eigenvalue weighted by atomic mass is 32.1. The first-order chi connectivity index (χ1) is 12.9. The van der Waals surface area contributed by atoms with Crippen LogP contribution in [0.2, 0.25) is 0 Å². The van der Waals surface area contributed by atoms with Gasteiger partial charge in [-0.15, -0.1) is 11.3 Å². The minimum Gasteiger partial charge on any atom is -0.444 e. The molecule has 0 radical (unpaired) electrons. The molecule has 7 heteroatoms. The molecule has 4 rings (SSSR count). The zero-order chi connectivity index (χ0) is 19.0. The zero-order valence-electron chi connectivity index (χ0n) is 16.4. The van der Waals surface area contributed by atoms with Gasteiger partial charge in [0.2, 0.25) is 0 Å². The fourth-order valence-electron chi connectivity index (χ4n) is 3.93. The minimum absolute atomic E-state index is 0.211. The van der Waals surface area contributed by atoms with E-state index >= 15 is 0 Å². The second-order valence-electron chi connectivity index (χ2n) is 8.50. The molecule has 0 saturated carbocycles. The molecule has 1 aliphatic heterocycles. The number of aryl methyl sites for hydroxylation is 2. The van der Waals surface area contributed by atoms with Crippen LogP contribution in [-0.2, 0) is 17.6 Å². The summed E-state index contributed by atoms with van der Waals surface area (Å²) < 4.78 is 5.49. The molecular weight excluding hydrogens is 360 g/mol. The highest BCUT2D eigenvalue weighted by Gasteiger charge is 2.28. The first-order valence-electron chi connectivity index (χ1n) is 9.90. The van der Waals surface area contributed by atoms with Gasteiger partial charge in [0.25, 0.3) is 0 Å². The lowest BCUT2D eigenvalue weighted by Gasteiger charge is -2.34. The van der Waals surface area contributed by atoms with Crippen molar-refractivity contribution in [2.75, 3.05) is 18.4 Å². The van der Waals surface area contributed by atoms with Crippen molar-refractivity contribution >= 4 is 33.5 Å². The van der Waals surface area contributed by atoms with Crippen LogP contribution in [0, 0.1) is 0 Å². The predicted octanol–water partition coefficient (Wildman–Crippen LogP) is 4.38. The van der Waals surface area contributed by atoms with Crippen LogP contribution < -0.4 is 5.32 Å². The normalized spacial score (nSPS) is 18.4. The molecule has 3 heterocycles. The molecule has 1 amide bonds. The second-order valence-corrected chi connectivity index (χ2v) is 9.58. The van der Waals surface area contributed by atoms with Crippen LogP contribution in [0.15, 0.2) is 6.33 Å². The summed E-state index contributed by atoms with van der Waals surface area (Å²) in [6.07, 6.45) is 8.09. The van der Waals surface area contributed by atoms with Gasteiger partial charge in [-0.25, -0.2) is 14.8 Å². The summed E-state index contributed by atoms with van der Waals surface area (Å²) in [5.74, 6) is 0.968. The summed E-state index contributed by atoms with van der Waals surface area (Å²) in [5, 5.41) is 4.87. The summed E-state index contributed by atoms with van der Waals surface area (Å²) in [5.41, 5.74) is 1.01. The van der Waals surface area contributed by atoms with Gasteiger partial charge >= 0.3 is 6.09 Å². The summed E-state index contributed by atoms with van der Waals surface area (Å²) >= 11 is 1.82. The Morgan fingerprint density at radius 2 is 1.96 bits per heavy atom. The average Bonchev–Trinajstić information content (AvgIpc) is 3.00. The van der Waals surface area contributed by atoms with Gasteiger partial charge in [-0.3, -0.25) is 0 Å². The largest absolute Gasteiger partial charge is 0.444 e. The summed E-state index contributed by atoms with van der Waals surface area (Å²) in [6, 6.07) is 0.320. The number of amides is 1. The number of carbonyl (C=O) groups excluding carboxylic acids is 1. The molecule has 0 spiro atoms. The van der Waals surface area contributed by atoms with Gasteiger partial charge in [0.05, 0.1) is 5.39 Å². The number of anilines is 1. The number of hydrogen-bond acceptors (Lipinski definition) is 6. The van der Waals surface area contributed by atoms with Crippen molar-refractivity contribution in [2.24, 2.45) is 0 Å². The van der Waals surface area contributed by atoms with E-state index in [4.69, 9.17) is 4.74 Å². The van der Waals surface area contributed by atoms with Gasteiger partial charge in [0.1, 0.15) is 22.6 Å². The van der Waals surface area contributed by atoms with Crippen molar-refractivity contribution in [3.63, 3.8) is 0 Å². The van der Waals surface area contributed by atoms with Gasteiger partial charge in [0, 0.05) is 24.0 Å². The number of piperidine rings is 1. The van der Waals surface area contributed by atoms with Gasteiger partial charge in [-0.2, -0.15) is 0 Å². The Hall–Kier alpha value is -1.89. The van der Waals surface area contributed by atoms with E-state index in [1.54, 1.807) is 6.33 Å². The fraction of sp³-hybridized carbons (Fsp3) is 0.650. The van der Waals surface area contributed by atoms with Crippen LogP contribution >= 0.6 is 11.3 Å². The Labute approximate surface area is 164 Å². The number of fused-ring (bicyclic) bond motifs is 3. The van der Waals surface area contributed by atoms with E-state index in [-0.39, 0.29) is 6.09 Å². The number of rotatable bonds is 2. The van der Waals surface area contributed by atoms with E-state index in [1.807, 2.05) is 37.0 Å². The van der Waals surface area contributed by atoms with Gasteiger partial charge in [-0.1, -0.05) is 0 Å². The van der Waals surface area contributed by atoms with Crippen LogP contribution in [-0.4, -0.2) is 45.7 Å². The zero-order valence-corrected chi connectivity index (χ0v) is 17.2. The van der Waals surface area contributed by atoms with E-state index in [0.717, 1.165) is 29.9 Å². The van der Waals surface area contributed by atoms with Crippen molar-refractivity contribution < 1.29 is 9.53 Å². The Morgan fingerprint density at radius 1 is 1.22 bits per heavy atom. The van der Waals surface area contributed by atoms with Crippen LogP contribution in [0.25, 0.3) is 10.2 Å². The standard InChI is InChI=1S/C20H28N4O2S/c1-20(2,3)26-19(25)24-10-8-13(9-11-24)23-17-16-14-6-4-5-7-15(14)27-18(16)22-12-21-17/h12-13H,4-11H2,1-3H3,(H,21,22,23). The van der Waals surface area contributed by atoms with Gasteiger partial charge in [-0.05, 0) is 64.9 Å². The van der Waals surface area contributed by atoms with Crippen molar-refractivity contribution in [3.05, 3.63) is 16.8 Å². The molecule has 2 aromatic heterocycles. The maximum Gasteiger partial charge on any atom is 0.410 e. The molecule has 0 aromatic carbocycles. The Balaban J connectivity index is 1.44. The van der Waals surface area contributed by atoms with Gasteiger partial charge in [0.15, 0.2) is 0 Å². The highest BCUT2D eigenvalue weighted by molar-refractivity contribution is 7.19. The molecule has 6 nitrogen and oxygen atoms in total. The lowest BCUT2D eigenvalue weighted by molar-refractivity contribution is 0.0210. The summed E-state index contributed by atoms with van der Waals surface area (Å²) in [4.78, 5) is 25.7. The number of hydrogen-bond donors (Lipinski definition) is 1. The van der Waals surface area contributed by atoms with E-state index in [0.29, 0.717) is 19.1 Å². The van der Waals surface area contributed by atoms with E-state index in [1.165, 1.54) is 35.1 Å². The molecule has 2 aliphatic rings. The third kappa shape index (κ3) is 4.03. The maximum absolute atomic E-state index is 12.2. The lowest BCUT2D eigenvalue weighted by atomic mass is 9.97. The smallest absolute Gasteiger partial charge is 0.410 e. The number of thiophene rings is 1. The highest BCUT2D eigenvalue weighted by Crippen LogP contribution is 2.38. The fourth-order valence-corrected chi connectivity index (χ4v) is 5.15. The van der Waals surface area contributed by atoms with Crippen molar-refractivity contribution in [1.82, 2.24) is 14.9 Å². The number of nitrogens with zero attached hydrogens (tertiary/aromatic N) is 3. The van der Waals surface area contributed by atoms with Gasteiger partial charge < -0.3 is 15.0 Å². The summed E-state index contributed by atoms with van der Waals surface area (Å²) in [6.45, 7) is 7.13. The molecule has 1 N–H and O–H groups in total. The molecule has 0 atom stereocenters. The number of aromatic nitrogens is 2. The van der Waals surface area contributed by atoms with E-state index in [2.05, 4.69) is 15.3 Å². The molecular formula is C20H28N4O2S. The molecule has 1 fully saturated rings. The van der Waals surface area contributed by atoms with E-state index in [9.17, 15) is 4.79 Å². The number of ether oxygens (including phenoxy) is 1. The molecule has 2 aromatic rings. The second kappa shape index (κ2) is 7.26. The maximum atomic E-state index is 12.2. The minimum atomic E-state index is -0.448. The van der Waals surface area contributed by atoms with E-state index < -0.39 is 5.60 Å². The first-order valence-corrected chi connectivity index (χ1v) is 10.7. The number of nitrogens with one attached hydrogen (secondary N) is 1. The molecule has 1 aliphatic carbocycles. The van der Waals surface area contributed by atoms with Crippen LogP contribution in [0.4, 0.5) is 10.6 Å². The third-order valence-corrected chi connectivity index (χ3v) is 6.44. The molecule has 1 saturated heterocycles. The summed E-state index contributed by atoms with van der Waals surface area (Å²) in [7, 11) is 0. The lowest BCUT2D eigenvalue weighted by Crippen LogP contribution is -2.44. The van der Waals surface area contributed by atoms with Crippen molar-refractivity contribution in [2.45, 2.75) is 70.9 Å². The molecule has 0 unspecified atom stereocenters. The number of likely N-dealkylation sites (tertiary alicyclic amines) is 1. The van der Waals surface area contributed by atoms with Crippen molar-refractivity contribution in [1.29, 1.82) is 0 Å². The molecule has 27 heavy (non-hydrogen) atoms. The van der Waals surface area contributed by atoms with Crippen LogP contribution in [0.1, 0.15) is 56.9 Å². The monoisotopic (exact) mass is 388 g/mol. The molecule has 0 bridgehead atoms. The van der Waals surface area contributed by atoms with Crippen LogP contribution in [0.3, 0.4) is 0 Å². The quantitative estimate of drug-likeness (QED) is 0.827. The Kier molecular flexibility index (Phi) is 4.97. The SMILES string of the molecule is CC(C)(C)OC(=O)N1CCC(Nc2ncnc3sc4c(c23)CCCC4)CC1. The predicted molar refractivity (Wildman–Crippen MR) is 109 cm³/mol. The van der Waals surface area contributed by atoms with Crippen molar-refractivity contribution in [3.8, 4) is 0 Å². The molecule has 146 valence electrons. The third-order valence-electron chi connectivity index (χ3n) is 5.24. The topological polar surface area (TPSA) is 67.3 Å². The Morgan fingerprint density at radius 3 is 2.70 bits per heavy atom. The van der Waals surface area contributed by atoms with Crippen LogP contribution in [0.5, 0.6) is 0 Å². The number of carbonyl (C=O) groups is 1. The first kappa shape index (κ1) is 18.5. The average molecular weight is 389 g/mol.